The van der Waals surface area contributed by atoms with E-state index in [2.05, 4.69) is 58.4 Å². The molecule has 1 unspecified atom stereocenters. The standard InChI is InChI=1S/C14H18BrNS/c1-3-9-17-10-8-16-12(2)11-13-4-6-14(15)7-5-13/h1,4-7,12,16H,8-11H2,2H3. The Labute approximate surface area is 117 Å². The summed E-state index contributed by atoms with van der Waals surface area (Å²) < 4.78 is 1.13. The summed E-state index contributed by atoms with van der Waals surface area (Å²) in [6.07, 6.45) is 6.25. The molecule has 0 heterocycles. The first-order chi connectivity index (χ1) is 8.22. The van der Waals surface area contributed by atoms with Crippen LogP contribution in [-0.2, 0) is 6.42 Å². The van der Waals surface area contributed by atoms with E-state index in [0.29, 0.717) is 6.04 Å². The zero-order valence-electron chi connectivity index (χ0n) is 10.1. The highest BCUT2D eigenvalue weighted by Crippen LogP contribution is 2.11. The maximum absolute atomic E-state index is 5.19. The topological polar surface area (TPSA) is 12.0 Å². The zero-order chi connectivity index (χ0) is 12.5. The zero-order valence-corrected chi connectivity index (χ0v) is 12.5. The molecule has 1 rings (SSSR count). The lowest BCUT2D eigenvalue weighted by atomic mass is 10.1. The Morgan fingerprint density at radius 2 is 2.12 bits per heavy atom. The van der Waals surface area contributed by atoms with E-state index in [1.807, 2.05) is 0 Å². The average Bonchev–Trinajstić information content (AvgIpc) is 2.32. The average molecular weight is 312 g/mol. The number of hydrogen-bond donors (Lipinski definition) is 1. The molecule has 0 fully saturated rings. The van der Waals surface area contributed by atoms with Gasteiger partial charge in [0.1, 0.15) is 0 Å². The predicted octanol–water partition coefficient (Wildman–Crippen LogP) is 3.34. The van der Waals surface area contributed by atoms with Crippen molar-refractivity contribution in [2.45, 2.75) is 19.4 Å². The van der Waals surface area contributed by atoms with E-state index in [0.717, 1.165) is 28.9 Å². The van der Waals surface area contributed by atoms with Crippen LogP contribution >= 0.6 is 27.7 Å². The molecule has 0 bridgehead atoms. The molecule has 1 atom stereocenters. The van der Waals surface area contributed by atoms with E-state index >= 15 is 0 Å². The fraction of sp³-hybridized carbons (Fsp3) is 0.429. The summed E-state index contributed by atoms with van der Waals surface area (Å²) in [7, 11) is 0. The van der Waals surface area contributed by atoms with Gasteiger partial charge in [-0.05, 0) is 31.0 Å². The van der Waals surface area contributed by atoms with Gasteiger partial charge in [-0.25, -0.2) is 0 Å². The lowest BCUT2D eigenvalue weighted by molar-refractivity contribution is 0.568. The number of rotatable bonds is 7. The van der Waals surface area contributed by atoms with Gasteiger partial charge >= 0.3 is 0 Å². The third-order valence-corrected chi connectivity index (χ3v) is 3.77. The number of terminal acetylenes is 1. The van der Waals surface area contributed by atoms with Crippen LogP contribution in [0.2, 0.25) is 0 Å². The molecule has 0 aliphatic carbocycles. The second kappa shape index (κ2) is 8.63. The van der Waals surface area contributed by atoms with Crippen LogP contribution in [0.1, 0.15) is 12.5 Å². The van der Waals surface area contributed by atoms with Gasteiger partial charge < -0.3 is 5.32 Å². The smallest absolute Gasteiger partial charge is 0.0545 e. The van der Waals surface area contributed by atoms with Crippen molar-refractivity contribution in [1.82, 2.24) is 5.32 Å². The van der Waals surface area contributed by atoms with Crippen LogP contribution in [0.25, 0.3) is 0 Å². The van der Waals surface area contributed by atoms with Crippen molar-refractivity contribution in [1.29, 1.82) is 0 Å². The Kier molecular flexibility index (Phi) is 7.43. The highest BCUT2D eigenvalue weighted by molar-refractivity contribution is 9.10. The second-order valence-electron chi connectivity index (χ2n) is 3.94. The summed E-state index contributed by atoms with van der Waals surface area (Å²) >= 11 is 5.24. The second-order valence-corrected chi connectivity index (χ2v) is 5.96. The van der Waals surface area contributed by atoms with Crippen molar-refractivity contribution in [3.8, 4) is 12.3 Å². The Balaban J connectivity index is 2.18. The molecule has 0 aliphatic heterocycles. The SMILES string of the molecule is C#CCSCCNC(C)Cc1ccc(Br)cc1. The van der Waals surface area contributed by atoms with Gasteiger partial charge in [-0.1, -0.05) is 34.0 Å². The Bertz CT molecular complexity index is 355. The van der Waals surface area contributed by atoms with Gasteiger partial charge in [0.15, 0.2) is 0 Å². The van der Waals surface area contributed by atoms with Gasteiger partial charge in [0, 0.05) is 22.8 Å². The molecule has 0 spiro atoms. The third-order valence-electron chi connectivity index (χ3n) is 2.38. The van der Waals surface area contributed by atoms with Crippen LogP contribution in [0.4, 0.5) is 0 Å². The van der Waals surface area contributed by atoms with Crippen LogP contribution in [-0.4, -0.2) is 24.1 Å². The minimum absolute atomic E-state index is 0.502. The maximum Gasteiger partial charge on any atom is 0.0545 e. The molecule has 0 saturated heterocycles. The monoisotopic (exact) mass is 311 g/mol. The lowest BCUT2D eigenvalue weighted by Gasteiger charge is -2.13. The summed E-state index contributed by atoms with van der Waals surface area (Å²) in [5.41, 5.74) is 1.37. The first-order valence-electron chi connectivity index (χ1n) is 5.71. The van der Waals surface area contributed by atoms with Crippen LogP contribution in [0.15, 0.2) is 28.7 Å². The van der Waals surface area contributed by atoms with E-state index in [-0.39, 0.29) is 0 Å². The molecule has 1 nitrogen and oxygen atoms in total. The molecule has 92 valence electrons. The van der Waals surface area contributed by atoms with Gasteiger partial charge in [-0.3, -0.25) is 0 Å². The van der Waals surface area contributed by atoms with E-state index in [1.54, 1.807) is 11.8 Å². The molecule has 1 aromatic rings. The lowest BCUT2D eigenvalue weighted by Crippen LogP contribution is -2.30. The molecule has 1 N–H and O–H groups in total. The molecule has 3 heteroatoms. The number of hydrogen-bond acceptors (Lipinski definition) is 2. The fourth-order valence-electron chi connectivity index (χ4n) is 1.55. The molecule has 0 amide bonds. The highest BCUT2D eigenvalue weighted by atomic mass is 79.9. The van der Waals surface area contributed by atoms with Gasteiger partial charge in [-0.2, -0.15) is 0 Å². The number of nitrogens with one attached hydrogen (secondary N) is 1. The summed E-state index contributed by atoms with van der Waals surface area (Å²) in [6, 6.07) is 9.00. The van der Waals surface area contributed by atoms with Crippen molar-refractivity contribution in [2.75, 3.05) is 18.1 Å². The van der Waals surface area contributed by atoms with Crippen molar-refractivity contribution < 1.29 is 0 Å². The molecule has 0 radical (unpaired) electrons. The van der Waals surface area contributed by atoms with Crippen molar-refractivity contribution in [2.24, 2.45) is 0 Å². The fourth-order valence-corrected chi connectivity index (χ4v) is 2.34. The molecule has 1 aromatic carbocycles. The first-order valence-corrected chi connectivity index (χ1v) is 7.66. The highest BCUT2D eigenvalue weighted by Gasteiger charge is 2.02. The van der Waals surface area contributed by atoms with Gasteiger partial charge in [0.05, 0.1) is 5.75 Å². The summed E-state index contributed by atoms with van der Waals surface area (Å²) in [5.74, 6) is 4.52. The number of halogens is 1. The van der Waals surface area contributed by atoms with Crippen molar-refractivity contribution in [3.63, 3.8) is 0 Å². The first kappa shape index (κ1) is 14.6. The van der Waals surface area contributed by atoms with E-state index in [9.17, 15) is 0 Å². The van der Waals surface area contributed by atoms with Crippen LogP contribution in [0.5, 0.6) is 0 Å². The van der Waals surface area contributed by atoms with Gasteiger partial charge in [0.25, 0.3) is 0 Å². The Morgan fingerprint density at radius 3 is 2.76 bits per heavy atom. The van der Waals surface area contributed by atoms with E-state index < -0.39 is 0 Å². The summed E-state index contributed by atoms with van der Waals surface area (Å²) in [6.45, 7) is 3.23. The molecule has 0 saturated carbocycles. The third kappa shape index (κ3) is 6.78. The molecular formula is C14H18BrNS. The van der Waals surface area contributed by atoms with E-state index in [4.69, 9.17) is 6.42 Å². The summed E-state index contributed by atoms with van der Waals surface area (Å²) in [4.78, 5) is 0. The van der Waals surface area contributed by atoms with Crippen molar-refractivity contribution in [3.05, 3.63) is 34.3 Å². The minimum Gasteiger partial charge on any atom is -0.313 e. The quantitative estimate of drug-likeness (QED) is 0.612. The number of benzene rings is 1. The van der Waals surface area contributed by atoms with Gasteiger partial charge in [0.2, 0.25) is 0 Å². The molecule has 0 aliphatic rings. The molecule has 17 heavy (non-hydrogen) atoms. The van der Waals surface area contributed by atoms with Gasteiger partial charge in [-0.15, -0.1) is 18.2 Å². The summed E-state index contributed by atoms with van der Waals surface area (Å²) in [5, 5.41) is 3.50. The molecular weight excluding hydrogens is 294 g/mol. The Hall–Kier alpha value is -0.430. The predicted molar refractivity (Wildman–Crippen MR) is 81.5 cm³/mol. The normalized spacial score (nSPS) is 12.1. The minimum atomic E-state index is 0.502. The van der Waals surface area contributed by atoms with Crippen LogP contribution in [0, 0.1) is 12.3 Å². The Morgan fingerprint density at radius 1 is 1.41 bits per heavy atom. The van der Waals surface area contributed by atoms with Crippen molar-refractivity contribution >= 4 is 27.7 Å². The van der Waals surface area contributed by atoms with Crippen LogP contribution in [0.3, 0.4) is 0 Å². The molecule has 0 aromatic heterocycles. The maximum atomic E-state index is 5.19. The van der Waals surface area contributed by atoms with E-state index in [1.165, 1.54) is 5.56 Å². The number of thioether (sulfide) groups is 1. The van der Waals surface area contributed by atoms with Crippen LogP contribution < -0.4 is 5.32 Å². The largest absolute Gasteiger partial charge is 0.313 e.